The summed E-state index contributed by atoms with van der Waals surface area (Å²) in [7, 11) is -3.59. The highest BCUT2D eigenvalue weighted by Crippen LogP contribution is 2.28. The fourth-order valence-corrected chi connectivity index (χ4v) is 5.65. The molecule has 0 atom stereocenters. The maximum absolute atomic E-state index is 13.3. The summed E-state index contributed by atoms with van der Waals surface area (Å²) in [4.78, 5) is 13.0. The lowest BCUT2D eigenvalue weighted by Gasteiger charge is -2.08. The molecule has 34 heavy (non-hydrogen) atoms. The number of carbonyl (C=O) groups excluding carboxylic acids is 1. The number of hydrogen-bond donors (Lipinski definition) is 1. The highest BCUT2D eigenvalue weighted by atomic mass is 32.2. The Bertz CT molecular complexity index is 1390. The van der Waals surface area contributed by atoms with Crippen LogP contribution >= 0.6 is 0 Å². The van der Waals surface area contributed by atoms with Gasteiger partial charge in [-0.15, -0.1) is 0 Å². The molecule has 0 unspecified atom stereocenters. The lowest BCUT2D eigenvalue weighted by atomic mass is 10.1. The third kappa shape index (κ3) is 5.57. The first-order chi connectivity index (χ1) is 16.4. The zero-order chi connectivity index (χ0) is 24.1. The molecular weight excluding hydrogens is 444 g/mol. The number of hydrogen-bond acceptors (Lipinski definition) is 3. The Balaban J connectivity index is 1.54. The number of aryl methyl sites for hydroxylation is 2. The second-order valence-electron chi connectivity index (χ2n) is 8.73. The zero-order valence-corrected chi connectivity index (χ0v) is 20.4. The molecule has 0 fully saturated rings. The van der Waals surface area contributed by atoms with Gasteiger partial charge in [0.25, 0.3) is 0 Å². The van der Waals surface area contributed by atoms with E-state index >= 15 is 0 Å². The van der Waals surface area contributed by atoms with Gasteiger partial charge in [-0.25, -0.2) is 8.42 Å². The maximum Gasteiger partial charge on any atom is 0.244 e. The highest BCUT2D eigenvalue weighted by molar-refractivity contribution is 7.90. The van der Waals surface area contributed by atoms with Crippen molar-refractivity contribution in [1.29, 1.82) is 0 Å². The number of nitrogens with zero attached hydrogens (tertiary/aromatic N) is 1. The van der Waals surface area contributed by atoms with Crippen LogP contribution in [0.5, 0.6) is 0 Å². The van der Waals surface area contributed by atoms with E-state index in [9.17, 15) is 13.2 Å². The first-order valence-corrected chi connectivity index (χ1v) is 13.3. The van der Waals surface area contributed by atoms with Crippen molar-refractivity contribution in [2.45, 2.75) is 50.3 Å². The van der Waals surface area contributed by atoms with E-state index in [4.69, 9.17) is 0 Å². The largest absolute Gasteiger partial charge is 0.337 e. The van der Waals surface area contributed by atoms with Crippen molar-refractivity contribution in [3.8, 4) is 0 Å². The van der Waals surface area contributed by atoms with Gasteiger partial charge in [-0.2, -0.15) is 0 Å². The molecule has 1 aromatic heterocycles. The lowest BCUT2D eigenvalue weighted by Crippen LogP contribution is -2.18. The van der Waals surface area contributed by atoms with Gasteiger partial charge in [0.15, 0.2) is 9.84 Å². The number of para-hydroxylation sites is 1. The van der Waals surface area contributed by atoms with Crippen LogP contribution in [0, 0.1) is 6.92 Å². The standard InChI is InChI=1S/C28H30N2O3S/c1-3-4-7-22-14-16-24(17-15-22)29-28(31)19-30-18-27(25-8-5-6-9-26(25)30)34(32,33)20-23-12-10-21(2)11-13-23/h5-6,8-18H,3-4,7,19-20H2,1-2H3,(H,29,31). The molecule has 0 radical (unpaired) electrons. The van der Waals surface area contributed by atoms with Gasteiger partial charge in [-0.1, -0.05) is 73.5 Å². The number of rotatable bonds is 9. The van der Waals surface area contributed by atoms with E-state index in [2.05, 4.69) is 12.2 Å². The predicted octanol–water partition coefficient (Wildman–Crippen LogP) is 5.90. The van der Waals surface area contributed by atoms with Gasteiger partial charge in [-0.05, 0) is 49.1 Å². The maximum atomic E-state index is 13.3. The van der Waals surface area contributed by atoms with E-state index in [1.165, 1.54) is 5.56 Å². The van der Waals surface area contributed by atoms with Crippen molar-refractivity contribution in [1.82, 2.24) is 4.57 Å². The lowest BCUT2D eigenvalue weighted by molar-refractivity contribution is -0.116. The fourth-order valence-electron chi connectivity index (χ4n) is 4.06. The minimum atomic E-state index is -3.59. The second kappa shape index (κ2) is 10.3. The molecule has 5 nitrogen and oxygen atoms in total. The van der Waals surface area contributed by atoms with E-state index in [1.54, 1.807) is 16.8 Å². The van der Waals surface area contributed by atoms with Crippen LogP contribution in [0.25, 0.3) is 10.9 Å². The summed E-state index contributed by atoms with van der Waals surface area (Å²) in [6.45, 7) is 4.16. The van der Waals surface area contributed by atoms with Crippen LogP contribution < -0.4 is 5.32 Å². The number of anilines is 1. The van der Waals surface area contributed by atoms with Crippen LogP contribution in [0.2, 0.25) is 0 Å². The molecule has 1 amide bonds. The van der Waals surface area contributed by atoms with Crippen molar-refractivity contribution < 1.29 is 13.2 Å². The average molecular weight is 475 g/mol. The molecule has 1 heterocycles. The molecule has 176 valence electrons. The molecular formula is C28H30N2O3S. The normalized spacial score (nSPS) is 11.6. The molecule has 4 rings (SSSR count). The Morgan fingerprint density at radius 2 is 1.59 bits per heavy atom. The Morgan fingerprint density at radius 1 is 0.912 bits per heavy atom. The number of unbranched alkanes of at least 4 members (excludes halogenated alkanes) is 1. The molecule has 0 aliphatic carbocycles. The van der Waals surface area contributed by atoms with Crippen LogP contribution in [0.4, 0.5) is 5.69 Å². The van der Waals surface area contributed by atoms with Gasteiger partial charge in [-0.3, -0.25) is 4.79 Å². The minimum Gasteiger partial charge on any atom is -0.337 e. The molecule has 1 N–H and O–H groups in total. The van der Waals surface area contributed by atoms with Gasteiger partial charge in [0, 0.05) is 22.8 Å². The first kappa shape index (κ1) is 23.8. The van der Waals surface area contributed by atoms with E-state index < -0.39 is 9.84 Å². The number of aromatic nitrogens is 1. The summed E-state index contributed by atoms with van der Waals surface area (Å²) in [5.41, 5.74) is 4.52. The Hall–Kier alpha value is -3.38. The number of sulfone groups is 1. The molecule has 0 aliphatic heterocycles. The monoisotopic (exact) mass is 474 g/mol. The number of nitrogens with one attached hydrogen (secondary N) is 1. The van der Waals surface area contributed by atoms with Crippen molar-refractivity contribution in [2.75, 3.05) is 5.32 Å². The van der Waals surface area contributed by atoms with Crippen molar-refractivity contribution in [3.63, 3.8) is 0 Å². The number of benzene rings is 3. The van der Waals surface area contributed by atoms with Crippen LogP contribution in [0.3, 0.4) is 0 Å². The smallest absolute Gasteiger partial charge is 0.244 e. The first-order valence-electron chi connectivity index (χ1n) is 11.6. The van der Waals surface area contributed by atoms with Gasteiger partial charge < -0.3 is 9.88 Å². The molecule has 0 spiro atoms. The Labute approximate surface area is 201 Å². The van der Waals surface area contributed by atoms with Gasteiger partial charge in [0.1, 0.15) is 6.54 Å². The van der Waals surface area contributed by atoms with Crippen LogP contribution in [-0.4, -0.2) is 18.9 Å². The molecule has 3 aromatic carbocycles. The van der Waals surface area contributed by atoms with Crippen LogP contribution in [0.1, 0.15) is 36.5 Å². The third-order valence-electron chi connectivity index (χ3n) is 5.94. The second-order valence-corrected chi connectivity index (χ2v) is 10.7. The topological polar surface area (TPSA) is 68.2 Å². The summed E-state index contributed by atoms with van der Waals surface area (Å²) in [5, 5.41) is 3.55. The number of carbonyl (C=O) groups is 1. The molecule has 0 aliphatic rings. The zero-order valence-electron chi connectivity index (χ0n) is 19.6. The summed E-state index contributed by atoms with van der Waals surface area (Å²) in [5.74, 6) is -0.290. The number of amides is 1. The molecule has 0 saturated carbocycles. The fraction of sp³-hybridized carbons (Fsp3) is 0.250. The molecule has 4 aromatic rings. The van der Waals surface area contributed by atoms with Crippen molar-refractivity contribution >= 4 is 32.3 Å². The summed E-state index contributed by atoms with van der Waals surface area (Å²) in [6, 6.07) is 22.7. The molecule has 0 saturated heterocycles. The SMILES string of the molecule is CCCCc1ccc(NC(=O)Cn2cc(S(=O)(=O)Cc3ccc(C)cc3)c3ccccc32)cc1. The van der Waals surface area contributed by atoms with E-state index in [-0.39, 0.29) is 23.1 Å². The minimum absolute atomic E-state index is 0.0259. The van der Waals surface area contributed by atoms with E-state index in [0.717, 1.165) is 41.6 Å². The van der Waals surface area contributed by atoms with E-state index in [0.29, 0.717) is 5.39 Å². The molecule has 0 bridgehead atoms. The summed E-state index contributed by atoms with van der Waals surface area (Å²) < 4.78 is 28.3. The van der Waals surface area contributed by atoms with E-state index in [1.807, 2.05) is 73.7 Å². The van der Waals surface area contributed by atoms with Gasteiger partial charge in [0.05, 0.1) is 10.6 Å². The summed E-state index contributed by atoms with van der Waals surface area (Å²) >= 11 is 0. The van der Waals surface area contributed by atoms with Crippen molar-refractivity contribution in [3.05, 3.63) is 95.7 Å². The van der Waals surface area contributed by atoms with Crippen LogP contribution in [-0.2, 0) is 33.4 Å². The number of fused-ring (bicyclic) bond motifs is 1. The molecule has 6 heteroatoms. The average Bonchev–Trinajstić information content (AvgIpc) is 3.19. The van der Waals surface area contributed by atoms with Crippen molar-refractivity contribution in [2.24, 2.45) is 0 Å². The third-order valence-corrected chi connectivity index (χ3v) is 7.64. The Morgan fingerprint density at radius 3 is 2.29 bits per heavy atom. The quantitative estimate of drug-likeness (QED) is 0.328. The predicted molar refractivity (Wildman–Crippen MR) is 138 cm³/mol. The van der Waals surface area contributed by atoms with Gasteiger partial charge in [0.2, 0.25) is 5.91 Å². The highest BCUT2D eigenvalue weighted by Gasteiger charge is 2.22. The van der Waals surface area contributed by atoms with Crippen LogP contribution in [0.15, 0.2) is 83.9 Å². The Kier molecular flexibility index (Phi) is 7.17. The van der Waals surface area contributed by atoms with Gasteiger partial charge >= 0.3 is 0 Å². The summed E-state index contributed by atoms with van der Waals surface area (Å²) in [6.07, 6.45) is 4.90.